The Morgan fingerprint density at radius 2 is 1.91 bits per heavy atom. The minimum absolute atomic E-state index is 0.00347. The molecule has 0 aliphatic carbocycles. The lowest BCUT2D eigenvalue weighted by atomic mass is 10.2. The number of amides is 1. The Balaban J connectivity index is 1.90. The molecule has 1 unspecified atom stereocenters. The van der Waals surface area contributed by atoms with Crippen LogP contribution in [0.4, 0.5) is 0 Å². The topological polar surface area (TPSA) is 38.3 Å². The number of rotatable bonds is 7. The molecule has 0 fully saturated rings. The van der Waals surface area contributed by atoms with Gasteiger partial charge in [-0.3, -0.25) is 4.79 Å². The van der Waals surface area contributed by atoms with E-state index in [1.54, 1.807) is 0 Å². The standard InChI is InChI=1S/C18H20ClNO2S/c1-3-22-17-7-5-4-6-14(17)12-20-18(21)13(2)23-16-10-8-15(19)9-11-16/h4-11,13H,3,12H2,1-2H3,(H,20,21). The molecule has 1 atom stereocenters. The van der Waals surface area contributed by atoms with E-state index in [4.69, 9.17) is 16.3 Å². The largest absolute Gasteiger partial charge is 0.494 e. The van der Waals surface area contributed by atoms with Crippen LogP contribution in [0.1, 0.15) is 19.4 Å². The molecule has 0 saturated heterocycles. The van der Waals surface area contributed by atoms with Gasteiger partial charge in [-0.05, 0) is 44.2 Å². The summed E-state index contributed by atoms with van der Waals surface area (Å²) in [4.78, 5) is 13.3. The molecule has 0 saturated carbocycles. The van der Waals surface area contributed by atoms with Gasteiger partial charge in [-0.15, -0.1) is 11.8 Å². The van der Waals surface area contributed by atoms with E-state index < -0.39 is 0 Å². The highest BCUT2D eigenvalue weighted by molar-refractivity contribution is 8.00. The van der Waals surface area contributed by atoms with Gasteiger partial charge < -0.3 is 10.1 Å². The van der Waals surface area contributed by atoms with E-state index in [-0.39, 0.29) is 11.2 Å². The summed E-state index contributed by atoms with van der Waals surface area (Å²) in [6, 6.07) is 15.2. The van der Waals surface area contributed by atoms with Gasteiger partial charge >= 0.3 is 0 Å². The summed E-state index contributed by atoms with van der Waals surface area (Å²) >= 11 is 7.38. The second kappa shape index (κ2) is 8.85. The highest BCUT2D eigenvalue weighted by Crippen LogP contribution is 2.25. The van der Waals surface area contributed by atoms with Crippen LogP contribution in [0.25, 0.3) is 0 Å². The van der Waals surface area contributed by atoms with Crippen LogP contribution < -0.4 is 10.1 Å². The molecule has 5 heteroatoms. The number of para-hydroxylation sites is 1. The SMILES string of the molecule is CCOc1ccccc1CNC(=O)C(C)Sc1ccc(Cl)cc1. The number of halogens is 1. The molecule has 0 aromatic heterocycles. The fourth-order valence-electron chi connectivity index (χ4n) is 2.04. The van der Waals surface area contributed by atoms with Crippen LogP contribution in [0.5, 0.6) is 5.75 Å². The number of hydrogen-bond donors (Lipinski definition) is 1. The quantitative estimate of drug-likeness (QED) is 0.746. The third-order valence-electron chi connectivity index (χ3n) is 3.22. The third kappa shape index (κ3) is 5.48. The lowest BCUT2D eigenvalue weighted by Gasteiger charge is -2.14. The number of hydrogen-bond acceptors (Lipinski definition) is 3. The Hall–Kier alpha value is -1.65. The maximum Gasteiger partial charge on any atom is 0.233 e. The maximum absolute atomic E-state index is 12.3. The average Bonchev–Trinajstić information content (AvgIpc) is 2.56. The van der Waals surface area contributed by atoms with Crippen LogP contribution in [0.2, 0.25) is 5.02 Å². The van der Waals surface area contributed by atoms with Gasteiger partial charge in [0.2, 0.25) is 5.91 Å². The summed E-state index contributed by atoms with van der Waals surface area (Å²) in [5, 5.41) is 3.47. The molecule has 0 heterocycles. The van der Waals surface area contributed by atoms with Crippen LogP contribution in [0, 0.1) is 0 Å². The molecule has 3 nitrogen and oxygen atoms in total. The van der Waals surface area contributed by atoms with Crippen molar-refractivity contribution in [2.75, 3.05) is 6.61 Å². The van der Waals surface area contributed by atoms with Crippen molar-refractivity contribution in [3.05, 3.63) is 59.1 Å². The fourth-order valence-corrected chi connectivity index (χ4v) is 3.06. The highest BCUT2D eigenvalue weighted by Gasteiger charge is 2.14. The first-order chi connectivity index (χ1) is 11.1. The predicted octanol–water partition coefficient (Wildman–Crippen LogP) is 4.54. The van der Waals surface area contributed by atoms with Crippen molar-refractivity contribution < 1.29 is 9.53 Å². The van der Waals surface area contributed by atoms with Crippen LogP contribution >= 0.6 is 23.4 Å². The van der Waals surface area contributed by atoms with Gasteiger partial charge in [-0.1, -0.05) is 29.8 Å². The minimum Gasteiger partial charge on any atom is -0.494 e. The van der Waals surface area contributed by atoms with Gasteiger partial charge in [0.15, 0.2) is 0 Å². The van der Waals surface area contributed by atoms with Crippen molar-refractivity contribution in [1.82, 2.24) is 5.32 Å². The highest BCUT2D eigenvalue weighted by atomic mass is 35.5. The molecule has 0 aliphatic heterocycles. The second-order valence-corrected chi connectivity index (χ2v) is 6.82. The molecule has 0 aliphatic rings. The van der Waals surface area contributed by atoms with Crippen LogP contribution in [-0.2, 0) is 11.3 Å². The number of carbonyl (C=O) groups is 1. The number of nitrogens with one attached hydrogen (secondary N) is 1. The Morgan fingerprint density at radius 1 is 1.22 bits per heavy atom. The maximum atomic E-state index is 12.3. The minimum atomic E-state index is -0.185. The average molecular weight is 350 g/mol. The molecule has 2 aromatic carbocycles. The summed E-state index contributed by atoms with van der Waals surface area (Å²) in [5.74, 6) is 0.810. The number of benzene rings is 2. The van der Waals surface area contributed by atoms with Crippen LogP contribution in [0.15, 0.2) is 53.4 Å². The normalized spacial score (nSPS) is 11.8. The van der Waals surface area contributed by atoms with E-state index in [9.17, 15) is 4.79 Å². The van der Waals surface area contributed by atoms with Crippen molar-refractivity contribution in [3.63, 3.8) is 0 Å². The molecule has 0 bridgehead atoms. The van der Waals surface area contributed by atoms with Gasteiger partial charge in [0.1, 0.15) is 5.75 Å². The lowest BCUT2D eigenvalue weighted by molar-refractivity contribution is -0.120. The zero-order chi connectivity index (χ0) is 16.7. The Kier molecular flexibility index (Phi) is 6.81. The van der Waals surface area contributed by atoms with Crippen LogP contribution in [0.3, 0.4) is 0 Å². The zero-order valence-electron chi connectivity index (χ0n) is 13.2. The van der Waals surface area contributed by atoms with E-state index in [1.165, 1.54) is 11.8 Å². The van der Waals surface area contributed by atoms with E-state index in [1.807, 2.05) is 62.4 Å². The van der Waals surface area contributed by atoms with Gasteiger partial charge in [-0.25, -0.2) is 0 Å². The molecule has 23 heavy (non-hydrogen) atoms. The van der Waals surface area contributed by atoms with Crippen molar-refractivity contribution in [3.8, 4) is 5.75 Å². The molecule has 2 aromatic rings. The van der Waals surface area contributed by atoms with E-state index >= 15 is 0 Å². The fraction of sp³-hybridized carbons (Fsp3) is 0.278. The third-order valence-corrected chi connectivity index (χ3v) is 4.59. The summed E-state index contributed by atoms with van der Waals surface area (Å²) < 4.78 is 5.57. The Morgan fingerprint density at radius 3 is 2.61 bits per heavy atom. The van der Waals surface area contributed by atoms with Gasteiger partial charge in [-0.2, -0.15) is 0 Å². The molecule has 122 valence electrons. The summed E-state index contributed by atoms with van der Waals surface area (Å²) in [6.45, 7) is 4.90. The van der Waals surface area contributed by atoms with E-state index in [2.05, 4.69) is 5.32 Å². The van der Waals surface area contributed by atoms with Crippen molar-refractivity contribution in [2.24, 2.45) is 0 Å². The first-order valence-electron chi connectivity index (χ1n) is 7.50. The van der Waals surface area contributed by atoms with Crippen molar-refractivity contribution >= 4 is 29.3 Å². The molecule has 2 rings (SSSR count). The van der Waals surface area contributed by atoms with Crippen molar-refractivity contribution in [2.45, 2.75) is 30.5 Å². The van der Waals surface area contributed by atoms with Crippen LogP contribution in [-0.4, -0.2) is 17.8 Å². The Labute approximate surface area is 146 Å². The zero-order valence-corrected chi connectivity index (χ0v) is 14.8. The van der Waals surface area contributed by atoms with Gasteiger partial charge in [0.05, 0.1) is 11.9 Å². The molecule has 0 radical (unpaired) electrons. The smallest absolute Gasteiger partial charge is 0.233 e. The summed E-state index contributed by atoms with van der Waals surface area (Å²) in [7, 11) is 0. The second-order valence-electron chi connectivity index (χ2n) is 4.97. The molecular weight excluding hydrogens is 330 g/mol. The lowest BCUT2D eigenvalue weighted by Crippen LogP contribution is -2.30. The summed E-state index contributed by atoms with van der Waals surface area (Å²) in [6.07, 6.45) is 0. The number of ether oxygens (including phenoxy) is 1. The molecule has 1 N–H and O–H groups in total. The van der Waals surface area contributed by atoms with E-state index in [0.29, 0.717) is 18.2 Å². The molecule has 1 amide bonds. The molecular formula is C18H20ClNO2S. The first kappa shape index (κ1) is 17.7. The first-order valence-corrected chi connectivity index (χ1v) is 8.76. The van der Waals surface area contributed by atoms with Gasteiger partial charge in [0.25, 0.3) is 0 Å². The number of carbonyl (C=O) groups excluding carboxylic acids is 1. The summed E-state index contributed by atoms with van der Waals surface area (Å²) in [5.41, 5.74) is 0.978. The van der Waals surface area contributed by atoms with E-state index in [0.717, 1.165) is 16.2 Å². The van der Waals surface area contributed by atoms with Gasteiger partial charge in [0, 0.05) is 22.0 Å². The predicted molar refractivity (Wildman–Crippen MR) is 96.2 cm³/mol. The monoisotopic (exact) mass is 349 g/mol. The van der Waals surface area contributed by atoms with Crippen molar-refractivity contribution in [1.29, 1.82) is 0 Å². The molecule has 0 spiro atoms. The number of thioether (sulfide) groups is 1. The Bertz CT molecular complexity index is 646.